The molecule has 0 saturated heterocycles. The zero-order valence-electron chi connectivity index (χ0n) is 20.6. The van der Waals surface area contributed by atoms with Gasteiger partial charge in [0.25, 0.3) is 5.69 Å². The Labute approximate surface area is 215 Å². The maximum Gasteiger partial charge on any atom is 0.343 e. The standard InChI is InChI=1S/C29H29NO7/c1-2-3-4-5-20-35-26-17-11-24(12-18-26)29(32)37-27-15-8-22(9-16-27)10-19-28(31)36-21-23-6-13-25(14-7-23)30(33)34/h6-19H,2-5,20-21H2,1H3/b19-10+. The molecule has 0 unspecified atom stereocenters. The summed E-state index contributed by atoms with van der Waals surface area (Å²) < 4.78 is 16.3. The van der Waals surface area contributed by atoms with Crippen LogP contribution in [-0.2, 0) is 16.1 Å². The second kappa shape index (κ2) is 14.2. The van der Waals surface area contributed by atoms with E-state index in [1.165, 1.54) is 43.2 Å². The molecule has 0 amide bonds. The largest absolute Gasteiger partial charge is 0.494 e. The molecule has 0 atom stereocenters. The highest BCUT2D eigenvalue weighted by Crippen LogP contribution is 2.18. The molecule has 0 spiro atoms. The normalized spacial score (nSPS) is 10.7. The van der Waals surface area contributed by atoms with Gasteiger partial charge in [-0.15, -0.1) is 0 Å². The average molecular weight is 504 g/mol. The van der Waals surface area contributed by atoms with E-state index in [0.717, 1.165) is 18.6 Å². The van der Waals surface area contributed by atoms with Crippen molar-refractivity contribution in [3.05, 3.63) is 106 Å². The number of carbonyl (C=O) groups excluding carboxylic acids is 2. The second-order valence-electron chi connectivity index (χ2n) is 8.26. The number of nitro groups is 1. The molecule has 0 radical (unpaired) electrons. The molecule has 8 heteroatoms. The highest BCUT2D eigenvalue weighted by atomic mass is 16.6. The highest BCUT2D eigenvalue weighted by Gasteiger charge is 2.09. The minimum absolute atomic E-state index is 0.00210. The van der Waals surface area contributed by atoms with Gasteiger partial charge in [-0.2, -0.15) is 0 Å². The van der Waals surface area contributed by atoms with E-state index in [9.17, 15) is 19.7 Å². The lowest BCUT2D eigenvalue weighted by molar-refractivity contribution is -0.384. The third-order valence-corrected chi connectivity index (χ3v) is 5.39. The van der Waals surface area contributed by atoms with E-state index in [1.54, 1.807) is 54.6 Å². The molecule has 8 nitrogen and oxygen atoms in total. The predicted octanol–water partition coefficient (Wildman–Crippen LogP) is 6.53. The molecular formula is C29H29NO7. The first-order valence-corrected chi connectivity index (χ1v) is 12.1. The number of rotatable bonds is 13. The topological polar surface area (TPSA) is 105 Å². The van der Waals surface area contributed by atoms with Crippen LogP contribution >= 0.6 is 0 Å². The number of esters is 2. The number of unbranched alkanes of at least 4 members (excludes halogenated alkanes) is 3. The van der Waals surface area contributed by atoms with Gasteiger partial charge in [-0.3, -0.25) is 10.1 Å². The molecule has 0 aromatic heterocycles. The molecule has 0 bridgehead atoms. The summed E-state index contributed by atoms with van der Waals surface area (Å²) in [5, 5.41) is 10.7. The van der Waals surface area contributed by atoms with Crippen LogP contribution in [0.1, 0.15) is 54.1 Å². The van der Waals surface area contributed by atoms with E-state index in [2.05, 4.69) is 6.92 Å². The van der Waals surface area contributed by atoms with Crippen molar-refractivity contribution in [1.29, 1.82) is 0 Å². The Hall–Kier alpha value is -4.46. The van der Waals surface area contributed by atoms with Crippen LogP contribution in [0.3, 0.4) is 0 Å². The first-order chi connectivity index (χ1) is 17.9. The van der Waals surface area contributed by atoms with Gasteiger partial charge in [0.15, 0.2) is 0 Å². The Morgan fingerprint density at radius 3 is 2.19 bits per heavy atom. The Bertz CT molecular complexity index is 1200. The molecule has 37 heavy (non-hydrogen) atoms. The van der Waals surface area contributed by atoms with E-state index in [-0.39, 0.29) is 12.3 Å². The van der Waals surface area contributed by atoms with Gasteiger partial charge in [-0.25, -0.2) is 9.59 Å². The summed E-state index contributed by atoms with van der Waals surface area (Å²) in [6.45, 7) is 2.82. The minimum atomic E-state index is -0.553. The molecule has 192 valence electrons. The van der Waals surface area contributed by atoms with Gasteiger partial charge in [0, 0.05) is 18.2 Å². The molecule has 0 aliphatic heterocycles. The molecule has 3 aromatic rings. The van der Waals surface area contributed by atoms with Crippen molar-refractivity contribution in [3.8, 4) is 11.5 Å². The molecule has 0 aliphatic rings. The average Bonchev–Trinajstić information content (AvgIpc) is 2.92. The highest BCUT2D eigenvalue weighted by molar-refractivity contribution is 5.91. The van der Waals surface area contributed by atoms with Gasteiger partial charge < -0.3 is 14.2 Å². The summed E-state index contributed by atoms with van der Waals surface area (Å²) in [5.41, 5.74) is 1.74. The van der Waals surface area contributed by atoms with Crippen molar-refractivity contribution < 1.29 is 28.7 Å². The predicted molar refractivity (Wildman–Crippen MR) is 139 cm³/mol. The van der Waals surface area contributed by atoms with Crippen molar-refractivity contribution in [1.82, 2.24) is 0 Å². The second-order valence-corrected chi connectivity index (χ2v) is 8.26. The number of ether oxygens (including phenoxy) is 3. The third kappa shape index (κ3) is 9.25. The fraction of sp³-hybridized carbons (Fsp3) is 0.241. The smallest absolute Gasteiger partial charge is 0.343 e. The minimum Gasteiger partial charge on any atom is -0.494 e. The van der Waals surface area contributed by atoms with E-state index in [0.29, 0.717) is 29.0 Å². The Kier molecular flexibility index (Phi) is 10.4. The van der Waals surface area contributed by atoms with E-state index >= 15 is 0 Å². The van der Waals surface area contributed by atoms with Crippen LogP contribution in [-0.4, -0.2) is 23.5 Å². The number of hydrogen-bond donors (Lipinski definition) is 0. The first-order valence-electron chi connectivity index (χ1n) is 12.1. The van der Waals surface area contributed by atoms with Gasteiger partial charge in [-0.05, 0) is 72.2 Å². The molecule has 0 heterocycles. The van der Waals surface area contributed by atoms with Gasteiger partial charge in [0.05, 0.1) is 17.1 Å². The van der Waals surface area contributed by atoms with Crippen molar-refractivity contribution in [2.75, 3.05) is 6.61 Å². The number of benzene rings is 3. The lowest BCUT2D eigenvalue weighted by Crippen LogP contribution is -2.08. The van der Waals surface area contributed by atoms with Gasteiger partial charge in [0.2, 0.25) is 0 Å². The van der Waals surface area contributed by atoms with Gasteiger partial charge >= 0.3 is 11.9 Å². The molecule has 0 saturated carbocycles. The van der Waals surface area contributed by atoms with Gasteiger partial charge in [0.1, 0.15) is 18.1 Å². The van der Waals surface area contributed by atoms with E-state index < -0.39 is 16.9 Å². The number of hydrogen-bond acceptors (Lipinski definition) is 7. The van der Waals surface area contributed by atoms with Gasteiger partial charge in [-0.1, -0.05) is 38.3 Å². The molecule has 0 aliphatic carbocycles. The maximum atomic E-state index is 12.4. The van der Waals surface area contributed by atoms with Crippen LogP contribution < -0.4 is 9.47 Å². The fourth-order valence-corrected chi connectivity index (χ4v) is 3.30. The maximum absolute atomic E-state index is 12.4. The quantitative estimate of drug-likeness (QED) is 0.0652. The number of non-ortho nitro benzene ring substituents is 1. The Morgan fingerprint density at radius 1 is 0.865 bits per heavy atom. The molecule has 0 fully saturated rings. The lowest BCUT2D eigenvalue weighted by Gasteiger charge is -2.08. The lowest BCUT2D eigenvalue weighted by atomic mass is 10.2. The Morgan fingerprint density at radius 2 is 1.54 bits per heavy atom. The zero-order valence-corrected chi connectivity index (χ0v) is 20.6. The Balaban J connectivity index is 1.43. The van der Waals surface area contributed by atoms with Crippen molar-refractivity contribution in [2.45, 2.75) is 39.2 Å². The molecule has 0 N–H and O–H groups in total. The van der Waals surface area contributed by atoms with Crippen LogP contribution in [0.5, 0.6) is 11.5 Å². The monoisotopic (exact) mass is 503 g/mol. The van der Waals surface area contributed by atoms with Crippen molar-refractivity contribution in [3.63, 3.8) is 0 Å². The van der Waals surface area contributed by atoms with E-state index in [1.807, 2.05) is 0 Å². The summed E-state index contributed by atoms with van der Waals surface area (Å²) in [7, 11) is 0. The number of carbonyl (C=O) groups is 2. The van der Waals surface area contributed by atoms with Crippen LogP contribution in [0.15, 0.2) is 78.9 Å². The summed E-state index contributed by atoms with van der Waals surface area (Å²) in [4.78, 5) is 34.6. The number of nitrogens with zero attached hydrogens (tertiary/aromatic N) is 1. The molecule has 3 aromatic carbocycles. The van der Waals surface area contributed by atoms with Crippen LogP contribution in [0.2, 0.25) is 0 Å². The van der Waals surface area contributed by atoms with Crippen LogP contribution in [0, 0.1) is 10.1 Å². The van der Waals surface area contributed by atoms with Crippen molar-refractivity contribution in [2.24, 2.45) is 0 Å². The molecule has 3 rings (SSSR count). The van der Waals surface area contributed by atoms with Crippen LogP contribution in [0.4, 0.5) is 5.69 Å². The zero-order chi connectivity index (χ0) is 26.5. The fourth-order valence-electron chi connectivity index (χ4n) is 3.30. The van der Waals surface area contributed by atoms with Crippen LogP contribution in [0.25, 0.3) is 6.08 Å². The first kappa shape index (κ1) is 27.1. The summed E-state index contributed by atoms with van der Waals surface area (Å²) in [6, 6.07) is 19.3. The van der Waals surface area contributed by atoms with Crippen molar-refractivity contribution >= 4 is 23.7 Å². The summed E-state index contributed by atoms with van der Waals surface area (Å²) >= 11 is 0. The third-order valence-electron chi connectivity index (χ3n) is 5.39. The SMILES string of the molecule is CCCCCCOc1ccc(C(=O)Oc2ccc(/C=C/C(=O)OCc3ccc([N+](=O)[O-])cc3)cc2)cc1. The van der Waals surface area contributed by atoms with E-state index in [4.69, 9.17) is 14.2 Å². The summed E-state index contributed by atoms with van der Waals surface area (Å²) in [6.07, 6.45) is 7.38. The molecular weight excluding hydrogens is 474 g/mol. The number of nitro benzene ring substituents is 1. The summed E-state index contributed by atoms with van der Waals surface area (Å²) in [5.74, 6) is 0.0597.